The lowest BCUT2D eigenvalue weighted by molar-refractivity contribution is -0.138. The predicted molar refractivity (Wildman–Crippen MR) is 77.9 cm³/mol. The first kappa shape index (κ1) is 17.3. The maximum atomic E-state index is 12.2. The molecule has 1 rings (SSSR count). The van der Waals surface area contributed by atoms with Crippen LogP contribution in [0.15, 0.2) is 0 Å². The van der Waals surface area contributed by atoms with Crippen LogP contribution in [0.25, 0.3) is 0 Å². The van der Waals surface area contributed by atoms with Crippen molar-refractivity contribution >= 4 is 17.9 Å². The largest absolute Gasteiger partial charge is 0.481 e. The van der Waals surface area contributed by atoms with Gasteiger partial charge in [0, 0.05) is 25.7 Å². The lowest BCUT2D eigenvalue weighted by Crippen LogP contribution is -2.52. The number of nitrogens with zero attached hydrogens (tertiary/aromatic N) is 2. The van der Waals surface area contributed by atoms with Crippen LogP contribution in [0.2, 0.25) is 0 Å². The molecule has 0 spiro atoms. The highest BCUT2D eigenvalue weighted by Gasteiger charge is 2.27. The highest BCUT2D eigenvalue weighted by Crippen LogP contribution is 2.10. The van der Waals surface area contributed by atoms with Gasteiger partial charge in [-0.05, 0) is 33.6 Å². The van der Waals surface area contributed by atoms with Gasteiger partial charge >= 0.3 is 12.0 Å². The summed E-state index contributed by atoms with van der Waals surface area (Å²) in [7, 11) is 0. The van der Waals surface area contributed by atoms with Crippen LogP contribution >= 0.6 is 0 Å². The molecule has 3 amide bonds. The monoisotopic (exact) mass is 299 g/mol. The van der Waals surface area contributed by atoms with Gasteiger partial charge in [0.25, 0.3) is 0 Å². The van der Waals surface area contributed by atoms with Crippen molar-refractivity contribution < 1.29 is 19.5 Å². The molecular formula is C14H25N3O4. The molecule has 2 atom stereocenters. The summed E-state index contributed by atoms with van der Waals surface area (Å²) in [4.78, 5) is 38.2. The minimum Gasteiger partial charge on any atom is -0.481 e. The zero-order valence-electron chi connectivity index (χ0n) is 13.0. The van der Waals surface area contributed by atoms with Crippen LogP contribution in [0.1, 0.15) is 40.0 Å². The van der Waals surface area contributed by atoms with Crippen molar-refractivity contribution in [3.8, 4) is 0 Å². The number of carboxylic acids is 1. The van der Waals surface area contributed by atoms with Crippen molar-refractivity contribution in [2.24, 2.45) is 0 Å². The summed E-state index contributed by atoms with van der Waals surface area (Å²) >= 11 is 0. The van der Waals surface area contributed by atoms with Crippen LogP contribution < -0.4 is 5.32 Å². The second kappa shape index (κ2) is 7.85. The number of carbonyl (C=O) groups is 3. The number of aliphatic carboxylic acids is 1. The van der Waals surface area contributed by atoms with Crippen molar-refractivity contribution in [1.29, 1.82) is 0 Å². The SMILES string of the molecule is CCN(C(=O)NC(C)C(=O)N1CCCC1)C(C)CC(=O)O. The Hall–Kier alpha value is -1.79. The number of amides is 3. The number of hydrogen-bond donors (Lipinski definition) is 2. The lowest BCUT2D eigenvalue weighted by Gasteiger charge is -2.29. The second-order valence-corrected chi connectivity index (χ2v) is 5.44. The van der Waals surface area contributed by atoms with Crippen molar-refractivity contribution in [2.75, 3.05) is 19.6 Å². The molecule has 1 heterocycles. The summed E-state index contributed by atoms with van der Waals surface area (Å²) in [5.74, 6) is -1.03. The highest BCUT2D eigenvalue weighted by atomic mass is 16.4. The van der Waals surface area contributed by atoms with E-state index in [2.05, 4.69) is 5.32 Å². The van der Waals surface area contributed by atoms with Crippen LogP contribution in [-0.2, 0) is 9.59 Å². The minimum atomic E-state index is -0.949. The molecular weight excluding hydrogens is 274 g/mol. The number of nitrogens with one attached hydrogen (secondary N) is 1. The Morgan fingerprint density at radius 3 is 2.29 bits per heavy atom. The molecule has 1 fully saturated rings. The average Bonchev–Trinajstić information content (AvgIpc) is 2.91. The van der Waals surface area contributed by atoms with Gasteiger partial charge in [0.2, 0.25) is 5.91 Å². The summed E-state index contributed by atoms with van der Waals surface area (Å²) in [5, 5.41) is 11.5. The zero-order chi connectivity index (χ0) is 16.0. The van der Waals surface area contributed by atoms with Gasteiger partial charge in [-0.15, -0.1) is 0 Å². The van der Waals surface area contributed by atoms with E-state index in [1.165, 1.54) is 4.90 Å². The summed E-state index contributed by atoms with van der Waals surface area (Å²) in [6.07, 6.45) is 1.89. The normalized spacial score (nSPS) is 17.2. The van der Waals surface area contributed by atoms with E-state index in [0.29, 0.717) is 6.54 Å². The van der Waals surface area contributed by atoms with Crippen LogP contribution in [-0.4, -0.2) is 64.5 Å². The first-order valence-electron chi connectivity index (χ1n) is 7.44. The Kier molecular flexibility index (Phi) is 6.45. The number of carbonyl (C=O) groups excluding carboxylic acids is 2. The minimum absolute atomic E-state index is 0.0807. The third kappa shape index (κ3) is 4.91. The molecule has 0 aliphatic carbocycles. The van der Waals surface area contributed by atoms with E-state index in [-0.39, 0.29) is 12.3 Å². The maximum absolute atomic E-state index is 12.2. The molecule has 0 radical (unpaired) electrons. The number of hydrogen-bond acceptors (Lipinski definition) is 3. The second-order valence-electron chi connectivity index (χ2n) is 5.44. The Balaban J connectivity index is 2.56. The van der Waals surface area contributed by atoms with Crippen LogP contribution in [0.4, 0.5) is 4.79 Å². The fourth-order valence-electron chi connectivity index (χ4n) is 2.56. The standard InChI is InChI=1S/C14H25N3O4/c1-4-17(10(2)9-12(18)19)14(21)15-11(3)13(20)16-7-5-6-8-16/h10-11H,4-9H2,1-3H3,(H,15,21)(H,18,19). The maximum Gasteiger partial charge on any atom is 0.318 e. The molecule has 1 aliphatic heterocycles. The van der Waals surface area contributed by atoms with Gasteiger partial charge < -0.3 is 20.2 Å². The molecule has 7 nitrogen and oxygen atoms in total. The zero-order valence-corrected chi connectivity index (χ0v) is 13.0. The topological polar surface area (TPSA) is 90.0 Å². The highest BCUT2D eigenvalue weighted by molar-refractivity contribution is 5.87. The van der Waals surface area contributed by atoms with E-state index in [1.807, 2.05) is 0 Å². The van der Waals surface area contributed by atoms with Gasteiger partial charge in [-0.1, -0.05) is 0 Å². The predicted octanol–water partition coefficient (Wildman–Crippen LogP) is 0.892. The molecule has 21 heavy (non-hydrogen) atoms. The van der Waals surface area contributed by atoms with Gasteiger partial charge in [-0.3, -0.25) is 9.59 Å². The van der Waals surface area contributed by atoms with E-state index < -0.39 is 24.1 Å². The molecule has 7 heteroatoms. The number of likely N-dealkylation sites (tertiary alicyclic amines) is 1. The third-order valence-electron chi connectivity index (χ3n) is 3.73. The van der Waals surface area contributed by atoms with Gasteiger partial charge in [0.1, 0.15) is 6.04 Å². The fraction of sp³-hybridized carbons (Fsp3) is 0.786. The summed E-state index contributed by atoms with van der Waals surface area (Å²) in [6.45, 7) is 7.01. The Bertz CT molecular complexity index is 394. The Morgan fingerprint density at radius 1 is 1.24 bits per heavy atom. The molecule has 2 unspecified atom stereocenters. The van der Waals surface area contributed by atoms with Gasteiger partial charge in [-0.2, -0.15) is 0 Å². The molecule has 120 valence electrons. The Morgan fingerprint density at radius 2 is 1.81 bits per heavy atom. The van der Waals surface area contributed by atoms with E-state index in [1.54, 1.807) is 25.7 Å². The third-order valence-corrected chi connectivity index (χ3v) is 3.73. The molecule has 0 aromatic rings. The molecule has 1 saturated heterocycles. The molecule has 0 aromatic carbocycles. The number of urea groups is 1. The first-order valence-corrected chi connectivity index (χ1v) is 7.44. The molecule has 0 saturated carbocycles. The number of carboxylic acid groups (broad SMARTS) is 1. The van der Waals surface area contributed by atoms with Gasteiger partial charge in [-0.25, -0.2) is 4.79 Å². The van der Waals surface area contributed by atoms with Gasteiger partial charge in [0.05, 0.1) is 6.42 Å². The molecule has 0 aromatic heterocycles. The lowest BCUT2D eigenvalue weighted by atomic mass is 10.2. The quantitative estimate of drug-likeness (QED) is 0.762. The number of rotatable bonds is 6. The fourth-order valence-corrected chi connectivity index (χ4v) is 2.56. The van der Waals surface area contributed by atoms with Crippen LogP contribution in [0.5, 0.6) is 0 Å². The summed E-state index contributed by atoms with van der Waals surface area (Å²) < 4.78 is 0. The molecule has 1 aliphatic rings. The van der Waals surface area contributed by atoms with E-state index >= 15 is 0 Å². The van der Waals surface area contributed by atoms with Gasteiger partial charge in [0.15, 0.2) is 0 Å². The van der Waals surface area contributed by atoms with Crippen LogP contribution in [0.3, 0.4) is 0 Å². The summed E-state index contributed by atoms with van der Waals surface area (Å²) in [5.41, 5.74) is 0. The van der Waals surface area contributed by atoms with E-state index in [0.717, 1.165) is 25.9 Å². The average molecular weight is 299 g/mol. The Labute approximate surface area is 125 Å². The van der Waals surface area contributed by atoms with Crippen molar-refractivity contribution in [3.63, 3.8) is 0 Å². The van der Waals surface area contributed by atoms with E-state index in [9.17, 15) is 14.4 Å². The van der Waals surface area contributed by atoms with Crippen molar-refractivity contribution in [1.82, 2.24) is 15.1 Å². The smallest absolute Gasteiger partial charge is 0.318 e. The molecule has 2 N–H and O–H groups in total. The summed E-state index contributed by atoms with van der Waals surface area (Å²) in [6, 6.07) is -1.41. The van der Waals surface area contributed by atoms with Crippen molar-refractivity contribution in [3.05, 3.63) is 0 Å². The molecule has 0 bridgehead atoms. The van der Waals surface area contributed by atoms with Crippen LogP contribution in [0, 0.1) is 0 Å². The first-order chi connectivity index (χ1) is 9.86. The van der Waals surface area contributed by atoms with Crippen molar-refractivity contribution in [2.45, 2.75) is 52.1 Å². The van der Waals surface area contributed by atoms with E-state index in [4.69, 9.17) is 5.11 Å².